The van der Waals surface area contributed by atoms with E-state index in [1.807, 2.05) is 0 Å². The first-order chi connectivity index (χ1) is 27.3. The normalized spacial score (nSPS) is 14.8. The summed E-state index contributed by atoms with van der Waals surface area (Å²) in [4.78, 5) is 2.45. The summed E-state index contributed by atoms with van der Waals surface area (Å²) >= 11 is 0. The molecule has 258 valence electrons. The Hall–Kier alpha value is -7.16. The fourth-order valence-electron chi connectivity index (χ4n) is 9.16. The molecular weight excluding hydrogens is 667 g/mol. The number of anilines is 3. The highest BCUT2D eigenvalue weighted by atomic mass is 16.5. The Bertz CT molecular complexity index is 2900. The van der Waals surface area contributed by atoms with E-state index >= 15 is 0 Å². The Balaban J connectivity index is 1.20. The van der Waals surface area contributed by atoms with Gasteiger partial charge in [-0.2, -0.15) is 0 Å². The zero-order valence-corrected chi connectivity index (χ0v) is 30.1. The predicted octanol–water partition coefficient (Wildman–Crippen LogP) is 14.1. The monoisotopic (exact) mass is 701 g/mol. The van der Waals surface area contributed by atoms with Crippen LogP contribution < -0.4 is 9.64 Å². The van der Waals surface area contributed by atoms with Crippen molar-refractivity contribution >= 4 is 27.8 Å². The lowest BCUT2D eigenvalue weighted by Gasteiger charge is -2.40. The average molecular weight is 702 g/mol. The molecule has 55 heavy (non-hydrogen) atoms. The van der Waals surface area contributed by atoms with Gasteiger partial charge in [-0.15, -0.1) is 0 Å². The van der Waals surface area contributed by atoms with Crippen molar-refractivity contribution in [2.75, 3.05) is 4.90 Å². The molecule has 9 aromatic rings. The highest BCUT2D eigenvalue weighted by molar-refractivity contribution is 6.00. The van der Waals surface area contributed by atoms with E-state index in [4.69, 9.17) is 4.74 Å². The van der Waals surface area contributed by atoms with Gasteiger partial charge in [0.1, 0.15) is 11.5 Å². The topological polar surface area (TPSA) is 12.5 Å². The summed E-state index contributed by atoms with van der Waals surface area (Å²) in [6.45, 7) is 0. The van der Waals surface area contributed by atoms with Gasteiger partial charge in [0.05, 0.1) is 11.1 Å². The van der Waals surface area contributed by atoms with Gasteiger partial charge in [-0.3, -0.25) is 0 Å². The van der Waals surface area contributed by atoms with Crippen LogP contribution in [0.25, 0.3) is 44.2 Å². The molecule has 2 nitrogen and oxygen atoms in total. The van der Waals surface area contributed by atoms with E-state index in [1.165, 1.54) is 49.9 Å². The highest BCUT2D eigenvalue weighted by Gasteiger charge is 2.52. The molecule has 0 saturated carbocycles. The maximum absolute atomic E-state index is 6.92. The maximum atomic E-state index is 6.92. The third-order valence-corrected chi connectivity index (χ3v) is 11.5. The minimum atomic E-state index is -0.592. The number of hydrogen-bond acceptors (Lipinski definition) is 2. The smallest absolute Gasteiger partial charge is 0.140 e. The molecule has 2 heteroatoms. The van der Waals surface area contributed by atoms with Gasteiger partial charge in [0.25, 0.3) is 0 Å². The van der Waals surface area contributed by atoms with Crippen LogP contribution in [0.15, 0.2) is 212 Å². The Morgan fingerprint density at radius 1 is 0.382 bits per heavy atom. The summed E-state index contributed by atoms with van der Waals surface area (Å²) in [5.41, 5.74) is 14.8. The van der Waals surface area contributed by atoms with Gasteiger partial charge >= 0.3 is 0 Å². The third kappa shape index (κ3) is 4.75. The van der Waals surface area contributed by atoms with Crippen molar-refractivity contribution in [3.05, 3.63) is 235 Å². The van der Waals surface area contributed by atoms with E-state index in [-0.39, 0.29) is 0 Å². The van der Waals surface area contributed by atoms with E-state index in [9.17, 15) is 0 Å². The summed E-state index contributed by atoms with van der Waals surface area (Å²) in [5.74, 6) is 1.82. The van der Waals surface area contributed by atoms with E-state index < -0.39 is 5.41 Å². The van der Waals surface area contributed by atoms with E-state index in [0.29, 0.717) is 0 Å². The molecule has 0 saturated heterocycles. The average Bonchev–Trinajstić information content (AvgIpc) is 3.56. The first-order valence-corrected chi connectivity index (χ1v) is 18.9. The number of rotatable bonds is 5. The number of ether oxygens (including phenoxy) is 1. The quantitative estimate of drug-likeness (QED) is 0.177. The summed E-state index contributed by atoms with van der Waals surface area (Å²) in [6.07, 6.45) is 0. The van der Waals surface area contributed by atoms with Gasteiger partial charge in [-0.1, -0.05) is 176 Å². The van der Waals surface area contributed by atoms with Crippen LogP contribution in [0.2, 0.25) is 0 Å². The van der Waals surface area contributed by atoms with Gasteiger partial charge in [0, 0.05) is 33.5 Å². The first-order valence-electron chi connectivity index (χ1n) is 18.9. The van der Waals surface area contributed by atoms with Crippen LogP contribution in [-0.2, 0) is 5.41 Å². The highest BCUT2D eigenvalue weighted by Crippen LogP contribution is 2.64. The van der Waals surface area contributed by atoms with Crippen LogP contribution in [0.4, 0.5) is 17.1 Å². The Morgan fingerprint density at radius 2 is 1.00 bits per heavy atom. The Kier molecular flexibility index (Phi) is 7.11. The number of para-hydroxylation sites is 1. The molecule has 0 bridgehead atoms. The minimum absolute atomic E-state index is 0.592. The SMILES string of the molecule is c1ccc(-c2ccc(N(c3cccc(-c4ccccc4)c3)c3cccc4c3-c3ccccc3C43c4ccccc4Oc4c3ccc3ccccc43)cc2)cc1. The van der Waals surface area contributed by atoms with Gasteiger partial charge in [-0.05, 0) is 80.7 Å². The lowest BCUT2D eigenvalue weighted by atomic mass is 9.65. The number of nitrogens with zero attached hydrogens (tertiary/aromatic N) is 1. The van der Waals surface area contributed by atoms with Crippen molar-refractivity contribution < 1.29 is 4.74 Å². The van der Waals surface area contributed by atoms with Crippen molar-refractivity contribution in [2.45, 2.75) is 5.41 Å². The molecule has 1 atom stereocenters. The van der Waals surface area contributed by atoms with Crippen LogP contribution in [0.1, 0.15) is 22.3 Å². The number of benzene rings is 9. The molecule has 1 heterocycles. The fourth-order valence-corrected chi connectivity index (χ4v) is 9.16. The predicted molar refractivity (Wildman–Crippen MR) is 227 cm³/mol. The lowest BCUT2D eigenvalue weighted by Crippen LogP contribution is -2.32. The van der Waals surface area contributed by atoms with Gasteiger partial charge in [-0.25, -0.2) is 0 Å². The van der Waals surface area contributed by atoms with Crippen LogP contribution >= 0.6 is 0 Å². The van der Waals surface area contributed by atoms with Crippen LogP contribution in [-0.4, -0.2) is 0 Å². The van der Waals surface area contributed by atoms with Crippen molar-refractivity contribution in [3.8, 4) is 44.9 Å². The Morgan fingerprint density at radius 3 is 1.82 bits per heavy atom. The molecule has 1 unspecified atom stereocenters. The summed E-state index contributed by atoms with van der Waals surface area (Å²) < 4.78 is 6.92. The van der Waals surface area contributed by atoms with Crippen LogP contribution in [0, 0.1) is 0 Å². The molecule has 1 aliphatic heterocycles. The summed E-state index contributed by atoms with van der Waals surface area (Å²) in [5, 5.41) is 2.29. The zero-order chi connectivity index (χ0) is 36.3. The molecule has 1 spiro atoms. The second-order valence-electron chi connectivity index (χ2n) is 14.4. The second-order valence-corrected chi connectivity index (χ2v) is 14.4. The van der Waals surface area contributed by atoms with E-state index in [0.717, 1.165) is 45.1 Å². The summed E-state index contributed by atoms with van der Waals surface area (Å²) in [6, 6.07) is 76.8. The standard InChI is InChI=1S/C53H35NO/c1-3-15-36(16-4-1)38-29-32-41(33-30-38)54(42-21-13-20-40(35-42)37-17-5-2-6-18-37)49-27-14-26-47-51(49)44-23-9-10-24-45(44)53(47)46-25-11-12-28-50(46)55-52-43-22-8-7-19-39(43)31-34-48(52)53/h1-35H. The minimum Gasteiger partial charge on any atom is -0.456 e. The third-order valence-electron chi connectivity index (χ3n) is 11.5. The van der Waals surface area contributed by atoms with Crippen LogP contribution in [0.5, 0.6) is 11.5 Å². The molecule has 11 rings (SSSR count). The zero-order valence-electron chi connectivity index (χ0n) is 30.1. The largest absolute Gasteiger partial charge is 0.456 e. The maximum Gasteiger partial charge on any atom is 0.140 e. The van der Waals surface area contributed by atoms with Gasteiger partial charge in [0.2, 0.25) is 0 Å². The fraction of sp³-hybridized carbons (Fsp3) is 0.0189. The van der Waals surface area contributed by atoms with E-state index in [2.05, 4.69) is 217 Å². The van der Waals surface area contributed by atoms with Crippen LogP contribution in [0.3, 0.4) is 0 Å². The first kappa shape index (κ1) is 31.4. The number of fused-ring (bicyclic) bond motifs is 11. The van der Waals surface area contributed by atoms with Gasteiger partial charge < -0.3 is 9.64 Å². The molecule has 0 fully saturated rings. The van der Waals surface area contributed by atoms with Crippen molar-refractivity contribution in [2.24, 2.45) is 0 Å². The molecule has 2 aliphatic rings. The molecule has 0 amide bonds. The molecule has 0 radical (unpaired) electrons. The lowest BCUT2D eigenvalue weighted by molar-refractivity contribution is 0.441. The van der Waals surface area contributed by atoms with Crippen molar-refractivity contribution in [1.82, 2.24) is 0 Å². The number of hydrogen-bond donors (Lipinski definition) is 0. The molecule has 9 aromatic carbocycles. The van der Waals surface area contributed by atoms with E-state index in [1.54, 1.807) is 0 Å². The molecule has 0 N–H and O–H groups in total. The molecule has 0 aromatic heterocycles. The molecular formula is C53H35NO. The Labute approximate surface area is 321 Å². The second kappa shape index (κ2) is 12.5. The molecule has 1 aliphatic carbocycles. The summed E-state index contributed by atoms with van der Waals surface area (Å²) in [7, 11) is 0. The van der Waals surface area contributed by atoms with Crippen molar-refractivity contribution in [1.29, 1.82) is 0 Å². The van der Waals surface area contributed by atoms with Gasteiger partial charge in [0.15, 0.2) is 0 Å². The van der Waals surface area contributed by atoms with Crippen molar-refractivity contribution in [3.63, 3.8) is 0 Å².